The molecule has 0 aliphatic carbocycles. The van der Waals surface area contributed by atoms with Gasteiger partial charge in [0.25, 0.3) is 0 Å². The van der Waals surface area contributed by atoms with Crippen LogP contribution in [-0.2, 0) is 19.1 Å². The van der Waals surface area contributed by atoms with E-state index >= 15 is 0 Å². The Morgan fingerprint density at radius 3 is 1.44 bits per heavy atom. The molecule has 0 aromatic heterocycles. The van der Waals surface area contributed by atoms with Crippen LogP contribution < -0.4 is 0 Å². The number of amides is 3. The van der Waals surface area contributed by atoms with Gasteiger partial charge in [-0.1, -0.05) is 13.3 Å². The summed E-state index contributed by atoms with van der Waals surface area (Å²) >= 11 is 0. The van der Waals surface area contributed by atoms with Crippen LogP contribution in [-0.4, -0.2) is 96.2 Å². The summed E-state index contributed by atoms with van der Waals surface area (Å²) in [6.45, 7) is 12.5. The number of ether oxygens (including phenoxy) is 1. The number of likely N-dealkylation sites (N-methyl/N-ethyl adjacent to an activating group) is 2. The molecule has 0 saturated carbocycles. The first-order chi connectivity index (χ1) is 14.3. The summed E-state index contributed by atoms with van der Waals surface area (Å²) in [5.74, 6) is -2.62. The Hall–Kier alpha value is -2.53. The molecule has 0 saturated heterocycles. The molecule has 0 unspecified atom stereocenters. The van der Waals surface area contributed by atoms with E-state index in [0.717, 1.165) is 19.4 Å². The predicted octanol–water partition coefficient (Wildman–Crippen LogP) is 3.23. The number of alkyl halides is 3. The largest absolute Gasteiger partial charge is 0.490 e. The van der Waals surface area contributed by atoms with Gasteiger partial charge in [-0.25, -0.2) is 9.59 Å². The summed E-state index contributed by atoms with van der Waals surface area (Å²) in [6, 6.07) is 0. The standard InChI is InChI=1S/C11H22N2O3.C7H15NO.C2HF3O2/c1-9(14)12(5)7-8-13(6)10(15)16-11(2,3)4;1-4-5-6-8(3)7(2)9;3-2(4,5)1(6)7/h7-8H2,1-6H3;4-6H2,1-3H3;(H,6,7). The van der Waals surface area contributed by atoms with Crippen LogP contribution in [0, 0.1) is 0 Å². The highest BCUT2D eigenvalue weighted by atomic mass is 19.4. The fourth-order valence-electron chi connectivity index (χ4n) is 1.44. The van der Waals surface area contributed by atoms with E-state index in [-0.39, 0.29) is 17.9 Å². The number of unbranched alkanes of at least 4 members (excludes halogenated alkanes) is 1. The van der Waals surface area contributed by atoms with Crippen molar-refractivity contribution in [2.45, 2.75) is 66.2 Å². The van der Waals surface area contributed by atoms with Crippen molar-refractivity contribution in [3.63, 3.8) is 0 Å². The fraction of sp³-hybridized carbons (Fsp3) is 0.800. The molecule has 190 valence electrons. The first-order valence-corrected chi connectivity index (χ1v) is 9.93. The number of carbonyl (C=O) groups is 4. The molecule has 9 nitrogen and oxygen atoms in total. The fourth-order valence-corrected chi connectivity index (χ4v) is 1.44. The SMILES string of the molecule is CC(=O)N(C)CCN(C)C(=O)OC(C)(C)C.CCCCN(C)C(C)=O.O=C(O)C(F)(F)F. The second-order valence-corrected chi connectivity index (χ2v) is 7.94. The van der Waals surface area contributed by atoms with Crippen LogP contribution >= 0.6 is 0 Å². The minimum atomic E-state index is -5.08. The molecule has 0 aromatic carbocycles. The molecule has 0 aliphatic rings. The third-order valence-electron chi connectivity index (χ3n) is 3.64. The number of nitrogens with zero attached hydrogens (tertiary/aromatic N) is 3. The summed E-state index contributed by atoms with van der Waals surface area (Å²) in [4.78, 5) is 46.7. The molecule has 0 heterocycles. The van der Waals surface area contributed by atoms with Gasteiger partial charge in [-0.15, -0.1) is 0 Å². The first kappa shape index (κ1) is 34.1. The maximum atomic E-state index is 11.5. The summed E-state index contributed by atoms with van der Waals surface area (Å²) in [5.41, 5.74) is -0.488. The van der Waals surface area contributed by atoms with E-state index in [1.165, 1.54) is 11.8 Å². The first-order valence-electron chi connectivity index (χ1n) is 9.93. The third kappa shape index (κ3) is 22.2. The number of halogens is 3. The highest BCUT2D eigenvalue weighted by Crippen LogP contribution is 2.13. The van der Waals surface area contributed by atoms with Crippen LogP contribution in [0.3, 0.4) is 0 Å². The van der Waals surface area contributed by atoms with Crippen molar-refractivity contribution in [1.29, 1.82) is 0 Å². The van der Waals surface area contributed by atoms with Gasteiger partial charge in [-0.05, 0) is 27.2 Å². The molecular formula is C20H38F3N3O6. The number of hydrogen-bond donors (Lipinski definition) is 1. The third-order valence-corrected chi connectivity index (χ3v) is 3.64. The van der Waals surface area contributed by atoms with E-state index in [1.54, 1.807) is 30.8 Å². The van der Waals surface area contributed by atoms with Crippen LogP contribution in [0.2, 0.25) is 0 Å². The van der Waals surface area contributed by atoms with Crippen LogP contribution in [0.15, 0.2) is 0 Å². The van der Waals surface area contributed by atoms with Crippen molar-refractivity contribution in [3.05, 3.63) is 0 Å². The average Bonchev–Trinajstić information content (AvgIpc) is 2.62. The second-order valence-electron chi connectivity index (χ2n) is 7.94. The molecular weight excluding hydrogens is 435 g/mol. The predicted molar refractivity (Wildman–Crippen MR) is 114 cm³/mol. The Morgan fingerprint density at radius 1 is 0.812 bits per heavy atom. The molecule has 0 rings (SSSR count). The smallest absolute Gasteiger partial charge is 0.475 e. The molecule has 0 spiro atoms. The van der Waals surface area contributed by atoms with Gasteiger partial charge in [0.1, 0.15) is 5.60 Å². The summed E-state index contributed by atoms with van der Waals surface area (Å²) in [5, 5.41) is 7.12. The molecule has 32 heavy (non-hydrogen) atoms. The summed E-state index contributed by atoms with van der Waals surface area (Å²) < 4.78 is 36.9. The lowest BCUT2D eigenvalue weighted by Crippen LogP contribution is -2.39. The maximum absolute atomic E-state index is 11.5. The highest BCUT2D eigenvalue weighted by Gasteiger charge is 2.38. The van der Waals surface area contributed by atoms with Crippen molar-refractivity contribution in [1.82, 2.24) is 14.7 Å². The maximum Gasteiger partial charge on any atom is 0.490 e. The Balaban J connectivity index is -0.000000442. The average molecular weight is 474 g/mol. The molecule has 0 aromatic rings. The van der Waals surface area contributed by atoms with Gasteiger partial charge in [-0.2, -0.15) is 13.2 Å². The number of rotatable bonds is 6. The molecule has 12 heteroatoms. The highest BCUT2D eigenvalue weighted by molar-refractivity contribution is 5.73. The molecule has 0 radical (unpaired) electrons. The van der Waals surface area contributed by atoms with E-state index in [2.05, 4.69) is 6.92 Å². The minimum Gasteiger partial charge on any atom is -0.475 e. The minimum absolute atomic E-state index is 0.0161. The Morgan fingerprint density at radius 2 is 1.16 bits per heavy atom. The molecule has 0 atom stereocenters. The van der Waals surface area contributed by atoms with Crippen LogP contribution in [0.25, 0.3) is 0 Å². The quantitative estimate of drug-likeness (QED) is 0.635. The van der Waals surface area contributed by atoms with E-state index in [0.29, 0.717) is 13.1 Å². The van der Waals surface area contributed by atoms with Gasteiger partial charge < -0.3 is 24.5 Å². The van der Waals surface area contributed by atoms with Gasteiger partial charge in [0.05, 0.1) is 0 Å². The zero-order chi connectivity index (χ0) is 26.3. The molecule has 0 fully saturated rings. The van der Waals surface area contributed by atoms with Gasteiger partial charge in [-0.3, -0.25) is 9.59 Å². The number of carboxylic acid groups (broad SMARTS) is 1. The topological polar surface area (TPSA) is 107 Å². The lowest BCUT2D eigenvalue weighted by Gasteiger charge is -2.26. The van der Waals surface area contributed by atoms with Gasteiger partial charge in [0, 0.05) is 54.6 Å². The van der Waals surface area contributed by atoms with Crippen LogP contribution in [0.4, 0.5) is 18.0 Å². The van der Waals surface area contributed by atoms with E-state index < -0.39 is 17.7 Å². The number of aliphatic carboxylic acids is 1. The van der Waals surface area contributed by atoms with E-state index in [1.807, 2.05) is 27.8 Å². The molecule has 0 bridgehead atoms. The Bertz CT molecular complexity index is 592. The van der Waals surface area contributed by atoms with Crippen molar-refractivity contribution in [3.8, 4) is 0 Å². The molecule has 3 amide bonds. The zero-order valence-electron chi connectivity index (χ0n) is 20.5. The van der Waals surface area contributed by atoms with Crippen molar-refractivity contribution in [2.24, 2.45) is 0 Å². The van der Waals surface area contributed by atoms with Crippen LogP contribution in [0.5, 0.6) is 0 Å². The van der Waals surface area contributed by atoms with Crippen molar-refractivity contribution < 1.29 is 42.2 Å². The Labute approximate surface area is 188 Å². The number of hydrogen-bond acceptors (Lipinski definition) is 5. The molecule has 1 N–H and O–H groups in total. The van der Waals surface area contributed by atoms with E-state index in [9.17, 15) is 27.6 Å². The van der Waals surface area contributed by atoms with Gasteiger partial charge in [0.15, 0.2) is 0 Å². The van der Waals surface area contributed by atoms with Crippen molar-refractivity contribution in [2.75, 3.05) is 40.8 Å². The van der Waals surface area contributed by atoms with Gasteiger partial charge >= 0.3 is 18.2 Å². The lowest BCUT2D eigenvalue weighted by atomic mass is 10.2. The molecule has 0 aliphatic heterocycles. The van der Waals surface area contributed by atoms with E-state index in [4.69, 9.17) is 14.6 Å². The number of carbonyl (C=O) groups excluding carboxylic acids is 3. The lowest BCUT2D eigenvalue weighted by molar-refractivity contribution is -0.192. The normalized spacial score (nSPS) is 10.5. The number of carboxylic acids is 1. The zero-order valence-corrected chi connectivity index (χ0v) is 20.5. The van der Waals surface area contributed by atoms with Crippen molar-refractivity contribution >= 4 is 23.9 Å². The summed E-state index contributed by atoms with van der Waals surface area (Å²) in [7, 11) is 5.19. The second kappa shape index (κ2) is 16.2. The monoisotopic (exact) mass is 473 g/mol. The summed E-state index contributed by atoms with van der Waals surface area (Å²) in [6.07, 6.45) is -3.20. The van der Waals surface area contributed by atoms with Crippen LogP contribution in [0.1, 0.15) is 54.4 Å². The Kier molecular flexibility index (Phi) is 17.2. The van der Waals surface area contributed by atoms with Gasteiger partial charge in [0.2, 0.25) is 11.8 Å².